The van der Waals surface area contributed by atoms with Gasteiger partial charge in [-0.2, -0.15) is 0 Å². The summed E-state index contributed by atoms with van der Waals surface area (Å²) in [6, 6.07) is 8.33. The fourth-order valence-electron chi connectivity index (χ4n) is 3.30. The summed E-state index contributed by atoms with van der Waals surface area (Å²) < 4.78 is 8.27. The van der Waals surface area contributed by atoms with Crippen LogP contribution in [0.4, 0.5) is 5.13 Å². The highest BCUT2D eigenvalue weighted by atomic mass is 32.2. The van der Waals surface area contributed by atoms with Gasteiger partial charge in [-0.1, -0.05) is 41.3 Å². The van der Waals surface area contributed by atoms with Gasteiger partial charge in [0, 0.05) is 27.1 Å². The Morgan fingerprint density at radius 3 is 2.79 bits per heavy atom. The molecule has 0 bridgehead atoms. The summed E-state index contributed by atoms with van der Waals surface area (Å²) in [7, 11) is 0. The molecule has 1 aromatic carbocycles. The van der Waals surface area contributed by atoms with Crippen LogP contribution in [0.5, 0.6) is 0 Å². The summed E-state index contributed by atoms with van der Waals surface area (Å²) in [5, 5.41) is 15.9. The Morgan fingerprint density at radius 1 is 1.24 bits per heavy atom. The number of esters is 1. The van der Waals surface area contributed by atoms with E-state index in [0.29, 0.717) is 20.9 Å². The van der Waals surface area contributed by atoms with Crippen LogP contribution in [-0.2, 0) is 9.53 Å². The molecule has 3 heterocycles. The van der Waals surface area contributed by atoms with Gasteiger partial charge in [-0.05, 0) is 33.8 Å². The highest BCUT2D eigenvalue weighted by Crippen LogP contribution is 2.36. The Kier molecular flexibility index (Phi) is 7.11. The van der Waals surface area contributed by atoms with Crippen LogP contribution in [0.2, 0.25) is 0 Å². The number of nitrogens with one attached hydrogen (secondary N) is 1. The first-order valence-electron chi connectivity index (χ1n) is 10.4. The molecular formula is C22H23N5O3S3. The van der Waals surface area contributed by atoms with Crippen molar-refractivity contribution in [3.8, 4) is 11.4 Å². The molecule has 8 nitrogen and oxygen atoms in total. The SMILES string of the molecule is CCOC(=O)c1sc(NC(=O)CSc2nnc(-c3csc4ccccc34)n2C(C)C)nc1C. The van der Waals surface area contributed by atoms with E-state index in [4.69, 9.17) is 4.74 Å². The lowest BCUT2D eigenvalue weighted by atomic mass is 10.1. The fraction of sp³-hybridized carbons (Fsp3) is 0.318. The third-order valence-corrected chi connectivity index (χ3v) is 7.70. The summed E-state index contributed by atoms with van der Waals surface area (Å²) in [6.07, 6.45) is 0. The smallest absolute Gasteiger partial charge is 0.350 e. The predicted molar refractivity (Wildman–Crippen MR) is 133 cm³/mol. The number of ether oxygens (including phenoxy) is 1. The zero-order valence-corrected chi connectivity index (χ0v) is 21.1. The topological polar surface area (TPSA) is 99.0 Å². The molecule has 4 rings (SSSR count). The molecule has 33 heavy (non-hydrogen) atoms. The zero-order chi connectivity index (χ0) is 23.5. The number of anilines is 1. The van der Waals surface area contributed by atoms with E-state index in [1.54, 1.807) is 25.2 Å². The molecule has 3 aromatic heterocycles. The van der Waals surface area contributed by atoms with Crippen LogP contribution in [0, 0.1) is 6.92 Å². The standard InChI is InChI=1S/C22H23N5O3S3/c1-5-30-20(29)18-13(4)23-21(33-18)24-17(28)11-32-22-26-25-19(27(22)12(2)3)15-10-31-16-9-7-6-8-14(15)16/h6-10,12H,5,11H2,1-4H3,(H,23,24,28). The molecule has 0 aliphatic heterocycles. The largest absolute Gasteiger partial charge is 0.462 e. The molecule has 1 amide bonds. The zero-order valence-electron chi connectivity index (χ0n) is 18.6. The molecule has 0 aliphatic rings. The first-order valence-corrected chi connectivity index (χ1v) is 13.1. The number of amides is 1. The van der Waals surface area contributed by atoms with E-state index in [2.05, 4.69) is 56.4 Å². The first kappa shape index (κ1) is 23.4. The normalized spacial score (nSPS) is 11.3. The summed E-state index contributed by atoms with van der Waals surface area (Å²) in [5.74, 6) is 0.272. The predicted octanol–water partition coefficient (Wildman–Crippen LogP) is 5.41. The first-order chi connectivity index (χ1) is 15.9. The third-order valence-electron chi connectivity index (χ3n) is 4.74. The summed E-state index contributed by atoms with van der Waals surface area (Å²) in [6.45, 7) is 7.89. The molecule has 0 unspecified atom stereocenters. The second-order valence-electron chi connectivity index (χ2n) is 7.41. The summed E-state index contributed by atoms with van der Waals surface area (Å²) in [5.41, 5.74) is 1.58. The van der Waals surface area contributed by atoms with Crippen LogP contribution in [0.1, 0.15) is 42.2 Å². The number of carbonyl (C=O) groups is 2. The van der Waals surface area contributed by atoms with Crippen molar-refractivity contribution in [1.82, 2.24) is 19.7 Å². The monoisotopic (exact) mass is 501 g/mol. The van der Waals surface area contributed by atoms with E-state index >= 15 is 0 Å². The van der Waals surface area contributed by atoms with Gasteiger partial charge in [0.15, 0.2) is 16.1 Å². The van der Waals surface area contributed by atoms with E-state index in [1.807, 2.05) is 12.1 Å². The van der Waals surface area contributed by atoms with Crippen molar-refractivity contribution >= 4 is 61.5 Å². The summed E-state index contributed by atoms with van der Waals surface area (Å²) >= 11 is 4.10. The number of benzene rings is 1. The minimum atomic E-state index is -0.430. The maximum absolute atomic E-state index is 12.6. The second-order valence-corrected chi connectivity index (χ2v) is 10.3. The molecule has 11 heteroatoms. The number of aromatic nitrogens is 4. The van der Waals surface area contributed by atoms with Crippen molar-refractivity contribution in [3.63, 3.8) is 0 Å². The molecule has 0 aliphatic carbocycles. The van der Waals surface area contributed by atoms with E-state index in [0.717, 1.165) is 28.1 Å². The number of aryl methyl sites for hydroxylation is 1. The lowest BCUT2D eigenvalue weighted by molar-refractivity contribution is -0.113. The Morgan fingerprint density at radius 2 is 2.03 bits per heavy atom. The third kappa shape index (κ3) is 4.94. The summed E-state index contributed by atoms with van der Waals surface area (Å²) in [4.78, 5) is 29.2. The van der Waals surface area contributed by atoms with Crippen molar-refractivity contribution in [3.05, 3.63) is 40.2 Å². The number of hydrogen-bond acceptors (Lipinski definition) is 9. The van der Waals surface area contributed by atoms with Gasteiger partial charge in [0.25, 0.3) is 0 Å². The van der Waals surface area contributed by atoms with Crippen LogP contribution >= 0.6 is 34.4 Å². The number of fused-ring (bicyclic) bond motifs is 1. The Hall–Kier alpha value is -2.76. The Bertz CT molecular complexity index is 1310. The average Bonchev–Trinajstić information content (AvgIpc) is 3.48. The number of rotatable bonds is 8. The molecule has 0 saturated carbocycles. The highest BCUT2D eigenvalue weighted by molar-refractivity contribution is 7.99. The van der Waals surface area contributed by atoms with E-state index in [1.165, 1.54) is 16.5 Å². The molecule has 0 fully saturated rings. The van der Waals surface area contributed by atoms with Gasteiger partial charge in [0.1, 0.15) is 4.88 Å². The van der Waals surface area contributed by atoms with Crippen LogP contribution in [0.15, 0.2) is 34.8 Å². The van der Waals surface area contributed by atoms with Crippen molar-refractivity contribution in [2.45, 2.75) is 38.9 Å². The molecule has 172 valence electrons. The van der Waals surface area contributed by atoms with E-state index in [9.17, 15) is 9.59 Å². The van der Waals surface area contributed by atoms with E-state index < -0.39 is 5.97 Å². The maximum Gasteiger partial charge on any atom is 0.350 e. The Labute approximate surface area is 203 Å². The fourth-order valence-corrected chi connectivity index (χ4v) is 5.98. The molecule has 0 spiro atoms. The molecule has 1 N–H and O–H groups in total. The van der Waals surface area contributed by atoms with Crippen LogP contribution < -0.4 is 5.32 Å². The lowest BCUT2D eigenvalue weighted by Crippen LogP contribution is -2.15. The maximum atomic E-state index is 12.6. The number of hydrogen-bond donors (Lipinski definition) is 1. The van der Waals surface area contributed by atoms with Crippen LogP contribution in [-0.4, -0.2) is 44.0 Å². The molecular weight excluding hydrogens is 478 g/mol. The van der Waals surface area contributed by atoms with Crippen LogP contribution in [0.3, 0.4) is 0 Å². The minimum absolute atomic E-state index is 0.118. The van der Waals surface area contributed by atoms with Crippen molar-refractivity contribution < 1.29 is 14.3 Å². The average molecular weight is 502 g/mol. The lowest BCUT2D eigenvalue weighted by Gasteiger charge is -2.13. The number of carbonyl (C=O) groups excluding carboxylic acids is 2. The van der Waals surface area contributed by atoms with Crippen LogP contribution in [0.25, 0.3) is 21.5 Å². The number of thiophene rings is 1. The van der Waals surface area contributed by atoms with Gasteiger partial charge >= 0.3 is 5.97 Å². The number of thioether (sulfide) groups is 1. The number of nitrogens with zero attached hydrogens (tertiary/aromatic N) is 4. The molecule has 0 radical (unpaired) electrons. The molecule has 0 atom stereocenters. The quantitative estimate of drug-likeness (QED) is 0.254. The van der Waals surface area contributed by atoms with Gasteiger partial charge in [0.2, 0.25) is 5.91 Å². The number of thiazole rings is 1. The van der Waals surface area contributed by atoms with Gasteiger partial charge in [0.05, 0.1) is 18.1 Å². The van der Waals surface area contributed by atoms with Crippen molar-refractivity contribution in [2.24, 2.45) is 0 Å². The Balaban J connectivity index is 1.48. The van der Waals surface area contributed by atoms with Gasteiger partial charge in [-0.15, -0.1) is 21.5 Å². The molecule has 4 aromatic rings. The minimum Gasteiger partial charge on any atom is -0.462 e. The van der Waals surface area contributed by atoms with Crippen molar-refractivity contribution in [2.75, 3.05) is 17.7 Å². The van der Waals surface area contributed by atoms with E-state index in [-0.39, 0.29) is 24.3 Å². The second kappa shape index (κ2) is 10.0. The van der Waals surface area contributed by atoms with Gasteiger partial charge in [-0.3, -0.25) is 9.36 Å². The molecule has 0 saturated heterocycles. The van der Waals surface area contributed by atoms with Gasteiger partial charge < -0.3 is 10.1 Å². The van der Waals surface area contributed by atoms with Crippen molar-refractivity contribution in [1.29, 1.82) is 0 Å². The highest BCUT2D eigenvalue weighted by Gasteiger charge is 2.21. The van der Waals surface area contributed by atoms with Gasteiger partial charge in [-0.25, -0.2) is 9.78 Å².